The molecule has 1 aliphatic rings. The average Bonchev–Trinajstić information content (AvgIpc) is 2.91. The number of carbonyl (C=O) groups is 1. The number of anilines is 1. The SMILES string of the molecule is N/C(=C\C(=O)N1CCOCC1)Nc1cccc2c(Cl)c[nH]c12. The molecule has 7 heteroatoms. The third-order valence-electron chi connectivity index (χ3n) is 3.55. The smallest absolute Gasteiger partial charge is 0.250 e. The van der Waals surface area contributed by atoms with Gasteiger partial charge in [-0.05, 0) is 6.07 Å². The van der Waals surface area contributed by atoms with Gasteiger partial charge in [-0.15, -0.1) is 0 Å². The van der Waals surface area contributed by atoms with Crippen LogP contribution in [0.15, 0.2) is 36.3 Å². The van der Waals surface area contributed by atoms with Gasteiger partial charge in [0.15, 0.2) is 0 Å². The van der Waals surface area contributed by atoms with Crippen LogP contribution in [0.4, 0.5) is 5.69 Å². The summed E-state index contributed by atoms with van der Waals surface area (Å²) < 4.78 is 5.22. The predicted molar refractivity (Wildman–Crippen MR) is 86.6 cm³/mol. The molecule has 1 aliphatic heterocycles. The van der Waals surface area contributed by atoms with Crippen molar-refractivity contribution in [3.05, 3.63) is 41.3 Å². The molecule has 1 saturated heterocycles. The van der Waals surface area contributed by atoms with Gasteiger partial charge in [0, 0.05) is 30.7 Å². The highest BCUT2D eigenvalue weighted by molar-refractivity contribution is 6.35. The minimum Gasteiger partial charge on any atom is -0.385 e. The topological polar surface area (TPSA) is 83.4 Å². The Morgan fingerprint density at radius 2 is 2.18 bits per heavy atom. The summed E-state index contributed by atoms with van der Waals surface area (Å²) in [6.07, 6.45) is 3.12. The number of nitrogens with zero attached hydrogens (tertiary/aromatic N) is 1. The first-order chi connectivity index (χ1) is 10.6. The van der Waals surface area contributed by atoms with Gasteiger partial charge in [-0.25, -0.2) is 0 Å². The van der Waals surface area contributed by atoms with Crippen LogP contribution in [0.2, 0.25) is 5.02 Å². The number of amides is 1. The molecule has 1 fully saturated rings. The van der Waals surface area contributed by atoms with E-state index in [1.165, 1.54) is 6.08 Å². The Labute approximate surface area is 132 Å². The number of nitrogens with two attached hydrogens (primary N) is 1. The molecule has 0 unspecified atom stereocenters. The van der Waals surface area contributed by atoms with Gasteiger partial charge in [-0.3, -0.25) is 4.79 Å². The first-order valence-corrected chi connectivity index (χ1v) is 7.39. The van der Waals surface area contributed by atoms with Crippen LogP contribution in [0.1, 0.15) is 0 Å². The number of morpholine rings is 1. The van der Waals surface area contributed by atoms with Crippen LogP contribution in [0.5, 0.6) is 0 Å². The summed E-state index contributed by atoms with van der Waals surface area (Å²) in [5.74, 6) is 0.166. The van der Waals surface area contributed by atoms with Crippen molar-refractivity contribution in [2.24, 2.45) is 5.73 Å². The predicted octanol–water partition coefficient (Wildman–Crippen LogP) is 1.89. The number of aromatic nitrogens is 1. The maximum atomic E-state index is 12.1. The molecule has 1 aromatic heterocycles. The van der Waals surface area contributed by atoms with Crippen molar-refractivity contribution in [3.8, 4) is 0 Å². The number of benzene rings is 1. The fourth-order valence-electron chi connectivity index (χ4n) is 2.42. The summed E-state index contributed by atoms with van der Waals surface area (Å²) in [5.41, 5.74) is 7.56. The Kier molecular flexibility index (Phi) is 4.22. The van der Waals surface area contributed by atoms with Gasteiger partial charge in [0.05, 0.1) is 29.4 Å². The molecule has 0 spiro atoms. The van der Waals surface area contributed by atoms with E-state index >= 15 is 0 Å². The monoisotopic (exact) mass is 320 g/mol. The number of ether oxygens (including phenoxy) is 1. The van der Waals surface area contributed by atoms with Gasteiger partial charge in [0.2, 0.25) is 5.91 Å². The number of nitrogens with one attached hydrogen (secondary N) is 2. The van der Waals surface area contributed by atoms with E-state index in [9.17, 15) is 4.79 Å². The second kappa shape index (κ2) is 6.29. The van der Waals surface area contributed by atoms with E-state index < -0.39 is 0 Å². The number of aromatic amines is 1. The fourth-order valence-corrected chi connectivity index (χ4v) is 2.64. The number of para-hydroxylation sites is 1. The highest BCUT2D eigenvalue weighted by Gasteiger charge is 2.15. The molecule has 4 N–H and O–H groups in total. The maximum absolute atomic E-state index is 12.1. The van der Waals surface area contributed by atoms with Crippen molar-refractivity contribution in [1.29, 1.82) is 0 Å². The number of fused-ring (bicyclic) bond motifs is 1. The summed E-state index contributed by atoms with van der Waals surface area (Å²) in [4.78, 5) is 16.9. The fraction of sp³-hybridized carbons (Fsp3) is 0.267. The van der Waals surface area contributed by atoms with Crippen LogP contribution in [0, 0.1) is 0 Å². The van der Waals surface area contributed by atoms with E-state index in [0.717, 1.165) is 16.6 Å². The van der Waals surface area contributed by atoms with Crippen LogP contribution in [-0.4, -0.2) is 42.1 Å². The van der Waals surface area contributed by atoms with Gasteiger partial charge in [0.1, 0.15) is 5.82 Å². The lowest BCUT2D eigenvalue weighted by atomic mass is 10.2. The molecule has 1 aromatic carbocycles. The Balaban J connectivity index is 1.76. The number of halogens is 1. The molecule has 0 bridgehead atoms. The zero-order valence-electron chi connectivity index (χ0n) is 11.9. The highest BCUT2D eigenvalue weighted by Crippen LogP contribution is 2.28. The van der Waals surface area contributed by atoms with Gasteiger partial charge in [-0.2, -0.15) is 0 Å². The van der Waals surface area contributed by atoms with Crippen molar-refractivity contribution in [1.82, 2.24) is 9.88 Å². The molecule has 2 aromatic rings. The zero-order chi connectivity index (χ0) is 15.5. The number of carbonyl (C=O) groups excluding carboxylic acids is 1. The van der Waals surface area contributed by atoms with Crippen molar-refractivity contribution >= 4 is 34.1 Å². The second-order valence-electron chi connectivity index (χ2n) is 5.03. The highest BCUT2D eigenvalue weighted by atomic mass is 35.5. The third-order valence-corrected chi connectivity index (χ3v) is 3.86. The van der Waals surface area contributed by atoms with E-state index in [-0.39, 0.29) is 11.7 Å². The number of hydrogen-bond acceptors (Lipinski definition) is 4. The second-order valence-corrected chi connectivity index (χ2v) is 5.43. The normalized spacial score (nSPS) is 16.0. The van der Waals surface area contributed by atoms with Gasteiger partial charge in [-0.1, -0.05) is 23.7 Å². The third kappa shape index (κ3) is 3.03. The van der Waals surface area contributed by atoms with Crippen LogP contribution in [-0.2, 0) is 9.53 Å². The van der Waals surface area contributed by atoms with Crippen LogP contribution < -0.4 is 11.1 Å². The minimum absolute atomic E-state index is 0.120. The van der Waals surface area contributed by atoms with E-state index in [1.807, 2.05) is 18.2 Å². The molecular formula is C15H17ClN4O2. The lowest BCUT2D eigenvalue weighted by Crippen LogP contribution is -2.40. The number of H-pyrrole nitrogens is 1. The molecule has 1 amide bonds. The standard InChI is InChI=1S/C15H17ClN4O2/c16-11-9-18-15-10(11)2-1-3-12(15)19-13(17)8-14(21)20-4-6-22-7-5-20/h1-3,8-9,18-19H,4-7,17H2/b13-8+. The van der Waals surface area contributed by atoms with Crippen molar-refractivity contribution < 1.29 is 9.53 Å². The largest absolute Gasteiger partial charge is 0.385 e. The molecule has 116 valence electrons. The van der Waals surface area contributed by atoms with E-state index in [4.69, 9.17) is 22.1 Å². The van der Waals surface area contributed by atoms with Crippen molar-refractivity contribution in [2.75, 3.05) is 31.6 Å². The molecular weight excluding hydrogens is 304 g/mol. The van der Waals surface area contributed by atoms with Crippen LogP contribution in [0.25, 0.3) is 10.9 Å². The molecule has 0 aliphatic carbocycles. The van der Waals surface area contributed by atoms with E-state index in [2.05, 4.69) is 10.3 Å². The van der Waals surface area contributed by atoms with E-state index in [1.54, 1.807) is 11.1 Å². The summed E-state index contributed by atoms with van der Waals surface area (Å²) in [6, 6.07) is 5.66. The quantitative estimate of drug-likeness (QED) is 0.754. The van der Waals surface area contributed by atoms with Crippen molar-refractivity contribution in [3.63, 3.8) is 0 Å². The molecule has 0 saturated carbocycles. The first-order valence-electron chi connectivity index (χ1n) is 7.01. The molecule has 3 rings (SSSR count). The van der Waals surface area contributed by atoms with Crippen LogP contribution >= 0.6 is 11.6 Å². The minimum atomic E-state index is -0.120. The number of hydrogen-bond donors (Lipinski definition) is 3. The molecule has 2 heterocycles. The van der Waals surface area contributed by atoms with Gasteiger partial charge in [0.25, 0.3) is 0 Å². The maximum Gasteiger partial charge on any atom is 0.250 e. The Hall–Kier alpha value is -2.18. The zero-order valence-corrected chi connectivity index (χ0v) is 12.7. The van der Waals surface area contributed by atoms with Gasteiger partial charge < -0.3 is 25.7 Å². The molecule has 22 heavy (non-hydrogen) atoms. The molecule has 0 atom stereocenters. The summed E-state index contributed by atoms with van der Waals surface area (Å²) in [5, 5.41) is 4.58. The summed E-state index contributed by atoms with van der Waals surface area (Å²) in [6.45, 7) is 2.30. The Morgan fingerprint density at radius 1 is 1.41 bits per heavy atom. The Bertz CT molecular complexity index is 719. The lowest BCUT2D eigenvalue weighted by molar-refractivity contribution is -0.130. The molecule has 6 nitrogen and oxygen atoms in total. The summed E-state index contributed by atoms with van der Waals surface area (Å²) in [7, 11) is 0. The number of rotatable bonds is 3. The van der Waals surface area contributed by atoms with Crippen LogP contribution in [0.3, 0.4) is 0 Å². The van der Waals surface area contributed by atoms with Crippen molar-refractivity contribution in [2.45, 2.75) is 0 Å². The first kappa shape index (κ1) is 14.7. The Morgan fingerprint density at radius 3 is 2.95 bits per heavy atom. The summed E-state index contributed by atoms with van der Waals surface area (Å²) >= 11 is 6.09. The molecule has 0 radical (unpaired) electrons. The average molecular weight is 321 g/mol. The van der Waals surface area contributed by atoms with E-state index in [0.29, 0.717) is 31.3 Å². The lowest BCUT2D eigenvalue weighted by Gasteiger charge is -2.25. The van der Waals surface area contributed by atoms with Gasteiger partial charge >= 0.3 is 0 Å².